The van der Waals surface area contributed by atoms with Crippen LogP contribution in [0.25, 0.3) is 22.0 Å². The fraction of sp³-hybridized carbons (Fsp3) is 0.130. The van der Waals surface area contributed by atoms with Crippen molar-refractivity contribution in [2.75, 3.05) is 30.3 Å². The lowest BCUT2D eigenvalue weighted by Gasteiger charge is -2.12. The van der Waals surface area contributed by atoms with Gasteiger partial charge in [0.1, 0.15) is 11.3 Å². The van der Waals surface area contributed by atoms with E-state index in [1.165, 1.54) is 19.2 Å². The lowest BCUT2D eigenvalue weighted by Crippen LogP contribution is -2.19. The van der Waals surface area contributed by atoms with E-state index >= 15 is 0 Å². The molecule has 4 aromatic rings. The monoisotopic (exact) mass is 471 g/mol. The van der Waals surface area contributed by atoms with Crippen molar-refractivity contribution in [3.8, 4) is 16.9 Å². The Labute approximate surface area is 191 Å². The van der Waals surface area contributed by atoms with Gasteiger partial charge in [-0.1, -0.05) is 18.2 Å². The van der Waals surface area contributed by atoms with Crippen LogP contribution in [0, 0.1) is 0 Å². The van der Waals surface area contributed by atoms with Crippen LogP contribution in [0.3, 0.4) is 0 Å². The summed E-state index contributed by atoms with van der Waals surface area (Å²) in [6, 6.07) is 14.2. The topological polar surface area (TPSA) is 114 Å². The normalized spacial score (nSPS) is 11.4. The van der Waals surface area contributed by atoms with Crippen molar-refractivity contribution >= 4 is 34.1 Å². The van der Waals surface area contributed by atoms with Crippen LogP contribution in [0.2, 0.25) is 0 Å². The number of nitrogens with two attached hydrogens (primary N) is 1. The number of hydrogen-bond donors (Lipinski definition) is 4. The fourth-order valence-corrected chi connectivity index (χ4v) is 3.42. The third-order valence-corrected chi connectivity index (χ3v) is 4.95. The Morgan fingerprint density at radius 2 is 1.79 bits per heavy atom. The number of carbonyl (C=O) groups is 1. The summed E-state index contributed by atoms with van der Waals surface area (Å²) in [7, 11) is 1.52. The number of nitrogens with one attached hydrogen (secondary N) is 3. The molecule has 5 N–H and O–H groups in total. The van der Waals surface area contributed by atoms with Crippen LogP contribution >= 0.6 is 0 Å². The van der Waals surface area contributed by atoms with Gasteiger partial charge in [0.05, 0.1) is 10.9 Å². The van der Waals surface area contributed by atoms with Crippen LogP contribution in [-0.2, 0) is 10.9 Å². The van der Waals surface area contributed by atoms with E-state index in [-0.39, 0.29) is 12.5 Å². The summed E-state index contributed by atoms with van der Waals surface area (Å²) in [5, 5.41) is 12.6. The molecule has 0 unspecified atom stereocenters. The summed E-state index contributed by atoms with van der Waals surface area (Å²) in [5.74, 6) is 0.838. The van der Waals surface area contributed by atoms with Crippen LogP contribution < -0.4 is 21.1 Å². The van der Waals surface area contributed by atoms with Gasteiger partial charge in [-0.2, -0.15) is 18.3 Å². The number of hydrogen-bond acceptors (Lipinski definition) is 5. The first-order valence-electron chi connectivity index (χ1n) is 10.0. The Morgan fingerprint density at radius 3 is 2.50 bits per heavy atom. The number of H-pyrrole nitrogens is 1. The van der Waals surface area contributed by atoms with Gasteiger partial charge in [0.2, 0.25) is 0 Å². The van der Waals surface area contributed by atoms with Gasteiger partial charge in [0.25, 0.3) is 0 Å². The zero-order valence-corrected chi connectivity index (χ0v) is 17.9. The molecule has 0 saturated carbocycles. The molecule has 1 aromatic heterocycles. The SMILES string of the molecule is COCOc1ccc(-c2ccc(NC(=O)Nc3cccc(C(F)(F)F)c3)cc2)c2c(N)n[nH]c12. The molecule has 0 aliphatic rings. The zero-order valence-electron chi connectivity index (χ0n) is 17.9. The van der Waals surface area contributed by atoms with Crippen LogP contribution in [0.5, 0.6) is 5.75 Å². The van der Waals surface area contributed by atoms with Gasteiger partial charge in [-0.05, 0) is 53.6 Å². The molecule has 0 atom stereocenters. The Morgan fingerprint density at radius 1 is 1.06 bits per heavy atom. The molecule has 1 heterocycles. The van der Waals surface area contributed by atoms with E-state index in [0.717, 1.165) is 23.3 Å². The largest absolute Gasteiger partial charge is 0.465 e. The highest BCUT2D eigenvalue weighted by molar-refractivity contribution is 6.04. The van der Waals surface area contributed by atoms with Gasteiger partial charge in [-0.3, -0.25) is 5.10 Å². The first kappa shape index (κ1) is 22.9. The Kier molecular flexibility index (Phi) is 6.28. The van der Waals surface area contributed by atoms with Crippen molar-refractivity contribution < 1.29 is 27.4 Å². The molecule has 0 aliphatic heterocycles. The van der Waals surface area contributed by atoms with E-state index in [0.29, 0.717) is 28.2 Å². The summed E-state index contributed by atoms with van der Waals surface area (Å²) < 4.78 is 49.0. The minimum atomic E-state index is -4.50. The van der Waals surface area contributed by atoms with E-state index in [1.54, 1.807) is 30.3 Å². The molecule has 4 rings (SSSR count). The van der Waals surface area contributed by atoms with Crippen molar-refractivity contribution in [1.82, 2.24) is 10.2 Å². The smallest absolute Gasteiger partial charge is 0.416 e. The number of carbonyl (C=O) groups excluding carboxylic acids is 1. The van der Waals surface area contributed by atoms with E-state index < -0.39 is 17.8 Å². The number of fused-ring (bicyclic) bond motifs is 1. The number of urea groups is 1. The lowest BCUT2D eigenvalue weighted by molar-refractivity contribution is -0.137. The van der Waals surface area contributed by atoms with Crippen LogP contribution in [0.4, 0.5) is 35.2 Å². The number of alkyl halides is 3. The molecule has 11 heteroatoms. The maximum absolute atomic E-state index is 12.9. The highest BCUT2D eigenvalue weighted by Crippen LogP contribution is 2.37. The first-order valence-corrected chi connectivity index (χ1v) is 10.0. The van der Waals surface area contributed by atoms with E-state index in [4.69, 9.17) is 15.2 Å². The van der Waals surface area contributed by atoms with Gasteiger partial charge in [0, 0.05) is 18.5 Å². The number of halogens is 3. The second kappa shape index (κ2) is 9.32. The fourth-order valence-electron chi connectivity index (χ4n) is 3.42. The molecule has 0 spiro atoms. The number of amides is 2. The van der Waals surface area contributed by atoms with Gasteiger partial charge >= 0.3 is 12.2 Å². The van der Waals surface area contributed by atoms with Gasteiger partial charge < -0.3 is 25.8 Å². The highest BCUT2D eigenvalue weighted by Gasteiger charge is 2.30. The number of nitrogens with zero attached hydrogens (tertiary/aromatic N) is 1. The third kappa shape index (κ3) is 4.89. The number of aromatic amines is 1. The molecule has 34 heavy (non-hydrogen) atoms. The van der Waals surface area contributed by atoms with Crippen molar-refractivity contribution in [3.05, 3.63) is 66.2 Å². The van der Waals surface area contributed by atoms with Crippen molar-refractivity contribution in [2.45, 2.75) is 6.18 Å². The summed E-state index contributed by atoms with van der Waals surface area (Å²) >= 11 is 0. The van der Waals surface area contributed by atoms with E-state index in [2.05, 4.69) is 20.8 Å². The van der Waals surface area contributed by atoms with Crippen molar-refractivity contribution in [2.24, 2.45) is 0 Å². The predicted octanol–water partition coefficient (Wildman–Crippen LogP) is 5.46. The van der Waals surface area contributed by atoms with E-state index in [9.17, 15) is 18.0 Å². The van der Waals surface area contributed by atoms with Crippen molar-refractivity contribution in [1.29, 1.82) is 0 Å². The molecule has 0 fully saturated rings. The lowest BCUT2D eigenvalue weighted by atomic mass is 10.0. The summed E-state index contributed by atoms with van der Waals surface area (Å²) in [4.78, 5) is 12.2. The number of ether oxygens (including phenoxy) is 2. The highest BCUT2D eigenvalue weighted by atomic mass is 19.4. The number of methoxy groups -OCH3 is 1. The average molecular weight is 471 g/mol. The quantitative estimate of drug-likeness (QED) is 0.279. The minimum Gasteiger partial charge on any atom is -0.465 e. The molecule has 2 amide bonds. The van der Waals surface area contributed by atoms with Gasteiger partial charge in [0.15, 0.2) is 12.6 Å². The number of benzene rings is 3. The molecule has 0 aliphatic carbocycles. The Hall–Kier alpha value is -4.25. The molecule has 3 aromatic carbocycles. The van der Waals surface area contributed by atoms with Crippen LogP contribution in [0.1, 0.15) is 5.56 Å². The predicted molar refractivity (Wildman–Crippen MR) is 123 cm³/mol. The third-order valence-electron chi connectivity index (χ3n) is 4.95. The Balaban J connectivity index is 1.50. The molecule has 8 nitrogen and oxygen atoms in total. The van der Waals surface area contributed by atoms with Crippen molar-refractivity contribution in [3.63, 3.8) is 0 Å². The average Bonchev–Trinajstić information content (AvgIpc) is 3.20. The molecular weight excluding hydrogens is 451 g/mol. The maximum Gasteiger partial charge on any atom is 0.416 e. The number of rotatable bonds is 6. The molecular formula is C23H20F3N5O3. The minimum absolute atomic E-state index is 0.0255. The summed E-state index contributed by atoms with van der Waals surface area (Å²) in [5.41, 5.74) is 7.90. The standard InChI is InChI=1S/C23H20F3N5O3/c1-33-12-34-18-10-9-17(19-20(18)30-31-21(19)27)13-5-7-15(8-6-13)28-22(32)29-16-4-2-3-14(11-16)23(24,25)26/h2-11H,12H2,1H3,(H3,27,30,31)(H2,28,29,32). The number of aromatic nitrogens is 2. The molecule has 0 bridgehead atoms. The van der Waals surface area contributed by atoms with Crippen LogP contribution in [-0.4, -0.2) is 30.1 Å². The van der Waals surface area contributed by atoms with Crippen LogP contribution in [0.15, 0.2) is 60.7 Å². The maximum atomic E-state index is 12.9. The van der Waals surface area contributed by atoms with E-state index in [1.807, 2.05) is 6.07 Å². The zero-order chi connectivity index (χ0) is 24.3. The Bertz CT molecular complexity index is 1320. The first-order chi connectivity index (χ1) is 16.3. The molecule has 176 valence electrons. The molecule has 0 radical (unpaired) electrons. The molecule has 0 saturated heterocycles. The summed E-state index contributed by atoms with van der Waals surface area (Å²) in [6.45, 7) is 0.0658. The second-order valence-electron chi connectivity index (χ2n) is 7.26. The summed E-state index contributed by atoms with van der Waals surface area (Å²) in [6.07, 6.45) is -4.50. The number of nitrogen functional groups attached to an aromatic ring is 1. The second-order valence-corrected chi connectivity index (χ2v) is 7.26. The van der Waals surface area contributed by atoms with Gasteiger partial charge in [-0.25, -0.2) is 4.79 Å². The number of anilines is 3. The van der Waals surface area contributed by atoms with Gasteiger partial charge in [-0.15, -0.1) is 0 Å².